The quantitative estimate of drug-likeness (QED) is 0.605. The molecule has 0 aromatic rings. The number of aliphatic carboxylic acids is 2. The average Bonchev–Trinajstić information content (AvgIpc) is 2.21. The second-order valence-corrected chi connectivity index (χ2v) is 4.57. The Morgan fingerprint density at radius 1 is 1.25 bits per heavy atom. The fourth-order valence-electron chi connectivity index (χ4n) is 1.48. The van der Waals surface area contributed by atoms with Gasteiger partial charge in [-0.15, -0.1) is 0 Å². The van der Waals surface area contributed by atoms with Crippen LogP contribution >= 0.6 is 0 Å². The SMILES string of the molecule is CCCC(CC(CCC(=O)O)C(=O)O)[S+]=O. The summed E-state index contributed by atoms with van der Waals surface area (Å²) in [6, 6.07) is 0. The van der Waals surface area contributed by atoms with Crippen LogP contribution in [0.2, 0.25) is 0 Å². The summed E-state index contributed by atoms with van der Waals surface area (Å²) < 4.78 is 10.7. The predicted molar refractivity (Wildman–Crippen MR) is 59.4 cm³/mol. The van der Waals surface area contributed by atoms with E-state index in [0.29, 0.717) is 18.1 Å². The number of carboxylic acid groups (broad SMARTS) is 2. The van der Waals surface area contributed by atoms with Gasteiger partial charge in [-0.1, -0.05) is 13.3 Å². The van der Waals surface area contributed by atoms with Crippen LogP contribution < -0.4 is 0 Å². The minimum absolute atomic E-state index is 0.0887. The number of carboxylic acids is 2. The molecule has 0 spiro atoms. The summed E-state index contributed by atoms with van der Waals surface area (Å²) in [4.78, 5) is 21.2. The van der Waals surface area contributed by atoms with Gasteiger partial charge >= 0.3 is 23.6 Å². The van der Waals surface area contributed by atoms with Crippen molar-refractivity contribution in [2.24, 2.45) is 5.92 Å². The van der Waals surface area contributed by atoms with Crippen molar-refractivity contribution in [3.8, 4) is 0 Å². The predicted octanol–water partition coefficient (Wildman–Crippen LogP) is 1.54. The highest BCUT2D eigenvalue weighted by Crippen LogP contribution is 2.18. The van der Waals surface area contributed by atoms with Crippen molar-refractivity contribution in [3.05, 3.63) is 0 Å². The molecule has 0 aromatic carbocycles. The summed E-state index contributed by atoms with van der Waals surface area (Å²) in [5, 5.41) is 17.1. The van der Waals surface area contributed by atoms with Gasteiger partial charge in [0.05, 0.1) is 5.92 Å². The molecule has 5 nitrogen and oxygen atoms in total. The Kier molecular flexibility index (Phi) is 7.62. The van der Waals surface area contributed by atoms with E-state index in [1.807, 2.05) is 6.92 Å². The summed E-state index contributed by atoms with van der Waals surface area (Å²) in [5.41, 5.74) is 0. The van der Waals surface area contributed by atoms with Gasteiger partial charge in [-0.25, -0.2) is 0 Å². The fraction of sp³-hybridized carbons (Fsp3) is 0.800. The first-order valence-corrected chi connectivity index (χ1v) is 6.04. The second-order valence-electron chi connectivity index (χ2n) is 3.71. The van der Waals surface area contributed by atoms with E-state index in [9.17, 15) is 13.8 Å². The number of hydrogen-bond acceptors (Lipinski definition) is 3. The molecule has 0 heterocycles. The Labute approximate surface area is 98.3 Å². The molecule has 6 heteroatoms. The molecule has 0 saturated heterocycles. The molecular weight excluding hydrogens is 232 g/mol. The Bertz CT molecular complexity index is 254. The Balaban J connectivity index is 4.24. The van der Waals surface area contributed by atoms with Gasteiger partial charge in [-0.2, -0.15) is 0 Å². The number of rotatable bonds is 9. The van der Waals surface area contributed by atoms with Crippen LogP contribution in [-0.4, -0.2) is 27.4 Å². The normalized spacial score (nSPS) is 14.1. The molecule has 0 aliphatic heterocycles. The first-order valence-electron chi connectivity index (χ1n) is 5.24. The van der Waals surface area contributed by atoms with Gasteiger partial charge in [-0.3, -0.25) is 9.59 Å². The van der Waals surface area contributed by atoms with Crippen LogP contribution in [0.25, 0.3) is 0 Å². The van der Waals surface area contributed by atoms with Gasteiger partial charge in [0, 0.05) is 23.5 Å². The summed E-state index contributed by atoms with van der Waals surface area (Å²) >= 11 is 0.414. The third kappa shape index (κ3) is 6.44. The molecule has 0 aliphatic rings. The van der Waals surface area contributed by atoms with E-state index in [2.05, 4.69) is 0 Å². The van der Waals surface area contributed by atoms with Crippen LogP contribution in [0.4, 0.5) is 0 Å². The maximum Gasteiger partial charge on any atom is 0.462 e. The van der Waals surface area contributed by atoms with Gasteiger partial charge < -0.3 is 10.2 Å². The third-order valence-corrected chi connectivity index (χ3v) is 3.05. The Morgan fingerprint density at radius 3 is 2.25 bits per heavy atom. The lowest BCUT2D eigenvalue weighted by Gasteiger charge is -2.09. The van der Waals surface area contributed by atoms with E-state index in [4.69, 9.17) is 10.2 Å². The molecule has 0 fully saturated rings. The smallest absolute Gasteiger partial charge is 0.462 e. The molecule has 0 radical (unpaired) electrons. The molecule has 0 saturated carbocycles. The maximum absolute atomic E-state index is 10.9. The van der Waals surface area contributed by atoms with Crippen LogP contribution in [0, 0.1) is 5.92 Å². The van der Waals surface area contributed by atoms with Gasteiger partial charge in [0.1, 0.15) is 0 Å². The van der Waals surface area contributed by atoms with Crippen molar-refractivity contribution in [3.63, 3.8) is 0 Å². The zero-order chi connectivity index (χ0) is 12.6. The second kappa shape index (κ2) is 8.15. The van der Waals surface area contributed by atoms with E-state index in [-0.39, 0.29) is 24.5 Å². The number of hydrogen-bond donors (Lipinski definition) is 2. The van der Waals surface area contributed by atoms with Crippen LogP contribution in [0.1, 0.15) is 39.0 Å². The van der Waals surface area contributed by atoms with Crippen LogP contribution in [0.15, 0.2) is 0 Å². The largest absolute Gasteiger partial charge is 0.481 e. The highest BCUT2D eigenvalue weighted by Gasteiger charge is 2.29. The Morgan fingerprint density at radius 2 is 1.88 bits per heavy atom. The van der Waals surface area contributed by atoms with Crippen molar-refractivity contribution >= 4 is 23.6 Å². The molecule has 16 heavy (non-hydrogen) atoms. The number of carbonyl (C=O) groups is 2. The molecule has 2 atom stereocenters. The van der Waals surface area contributed by atoms with E-state index in [0.717, 1.165) is 6.42 Å². The Hall–Kier alpha value is -1.04. The van der Waals surface area contributed by atoms with Crippen molar-refractivity contribution in [1.29, 1.82) is 0 Å². The summed E-state index contributed by atoms with van der Waals surface area (Å²) in [7, 11) is 0. The van der Waals surface area contributed by atoms with Gasteiger partial charge in [0.25, 0.3) is 0 Å². The van der Waals surface area contributed by atoms with Crippen LogP contribution in [-0.2, 0) is 25.5 Å². The average molecular weight is 249 g/mol. The maximum atomic E-state index is 10.9. The van der Waals surface area contributed by atoms with Crippen molar-refractivity contribution < 1.29 is 24.0 Å². The van der Waals surface area contributed by atoms with Crippen molar-refractivity contribution in [1.82, 2.24) is 0 Å². The lowest BCUT2D eigenvalue weighted by atomic mass is 9.96. The zero-order valence-electron chi connectivity index (χ0n) is 9.22. The fourth-order valence-corrected chi connectivity index (χ4v) is 2.13. The molecule has 0 amide bonds. The lowest BCUT2D eigenvalue weighted by Crippen LogP contribution is -2.21. The topological polar surface area (TPSA) is 91.7 Å². The minimum atomic E-state index is -1.02. The van der Waals surface area contributed by atoms with Gasteiger partial charge in [0.15, 0.2) is 0 Å². The van der Waals surface area contributed by atoms with Gasteiger partial charge in [-0.05, 0) is 6.42 Å². The standard InChI is InChI=1S/C10H16O5S/c1-2-3-8(16-15)6-7(10(13)14)4-5-9(11)12/h7-8H,2-6H2,1H3,(H-,11,12,13,14)/p+1. The molecule has 92 valence electrons. The summed E-state index contributed by atoms with van der Waals surface area (Å²) in [6.07, 6.45) is 1.67. The highest BCUT2D eigenvalue weighted by atomic mass is 32.1. The summed E-state index contributed by atoms with van der Waals surface area (Å²) in [6.45, 7) is 1.93. The monoisotopic (exact) mass is 249 g/mol. The molecule has 2 unspecified atom stereocenters. The first-order chi connectivity index (χ1) is 7.51. The van der Waals surface area contributed by atoms with Gasteiger partial charge in [0.2, 0.25) is 5.25 Å². The molecular formula is C10H17O5S+. The van der Waals surface area contributed by atoms with Crippen LogP contribution in [0.5, 0.6) is 0 Å². The van der Waals surface area contributed by atoms with E-state index < -0.39 is 17.9 Å². The molecule has 0 aromatic heterocycles. The molecule has 0 rings (SSSR count). The molecule has 0 bridgehead atoms. The van der Waals surface area contributed by atoms with Crippen LogP contribution in [0.3, 0.4) is 0 Å². The zero-order valence-corrected chi connectivity index (χ0v) is 10.0. The first kappa shape index (κ1) is 15.0. The van der Waals surface area contributed by atoms with E-state index >= 15 is 0 Å². The third-order valence-electron chi connectivity index (χ3n) is 2.35. The van der Waals surface area contributed by atoms with Crippen molar-refractivity contribution in [2.75, 3.05) is 0 Å². The van der Waals surface area contributed by atoms with E-state index in [1.165, 1.54) is 0 Å². The summed E-state index contributed by atoms with van der Waals surface area (Å²) in [5.74, 6) is -2.75. The highest BCUT2D eigenvalue weighted by molar-refractivity contribution is 7.66. The molecule has 0 aliphatic carbocycles. The van der Waals surface area contributed by atoms with E-state index in [1.54, 1.807) is 0 Å². The minimum Gasteiger partial charge on any atom is -0.481 e. The lowest BCUT2D eigenvalue weighted by molar-refractivity contribution is -0.143. The van der Waals surface area contributed by atoms with Crippen molar-refractivity contribution in [2.45, 2.75) is 44.3 Å². The molecule has 2 N–H and O–H groups in total.